The molecule has 2 N–H and O–H groups in total. The summed E-state index contributed by atoms with van der Waals surface area (Å²) in [6.07, 6.45) is 5.84. The minimum absolute atomic E-state index is 0.127. The number of anilines is 1. The smallest absolute Gasteiger partial charge is 0.319 e. The van der Waals surface area contributed by atoms with E-state index in [9.17, 15) is 4.79 Å². The van der Waals surface area contributed by atoms with E-state index in [1.807, 2.05) is 35.6 Å². The summed E-state index contributed by atoms with van der Waals surface area (Å²) < 4.78 is 5.22. The van der Waals surface area contributed by atoms with E-state index in [2.05, 4.69) is 33.0 Å². The lowest BCUT2D eigenvalue weighted by molar-refractivity contribution is 0.0208. The zero-order chi connectivity index (χ0) is 18.6. The second kappa shape index (κ2) is 8.31. The standard InChI is InChI=1S/C21H27N3O2S/c1-26-19-8-2-5-15(13-19)22-21(25)23-16-11-17-6-3-7-18(12-16)24(17)14-20-9-4-10-27-20/h2,4-5,8-10,13,16-18H,3,6-7,11-12,14H2,1H3,(H2,22,23,25)/t17-,18-/m0/s1. The number of nitrogens with one attached hydrogen (secondary N) is 2. The van der Waals surface area contributed by atoms with E-state index in [-0.39, 0.29) is 12.1 Å². The lowest BCUT2D eigenvalue weighted by Crippen LogP contribution is -2.56. The van der Waals surface area contributed by atoms with Crippen molar-refractivity contribution in [1.29, 1.82) is 0 Å². The van der Waals surface area contributed by atoms with Crippen LogP contribution in [0, 0.1) is 0 Å². The van der Waals surface area contributed by atoms with Crippen LogP contribution in [-0.4, -0.2) is 36.2 Å². The average molecular weight is 386 g/mol. The molecule has 27 heavy (non-hydrogen) atoms. The fourth-order valence-electron chi connectivity index (χ4n) is 4.49. The van der Waals surface area contributed by atoms with Gasteiger partial charge in [0.25, 0.3) is 0 Å². The molecule has 0 aliphatic carbocycles. The summed E-state index contributed by atoms with van der Waals surface area (Å²) in [6, 6.07) is 13.1. The molecule has 0 radical (unpaired) electrons. The first-order chi connectivity index (χ1) is 13.2. The largest absolute Gasteiger partial charge is 0.497 e. The highest BCUT2D eigenvalue weighted by molar-refractivity contribution is 7.09. The highest BCUT2D eigenvalue weighted by Crippen LogP contribution is 2.35. The Balaban J connectivity index is 1.34. The van der Waals surface area contributed by atoms with E-state index >= 15 is 0 Å². The highest BCUT2D eigenvalue weighted by atomic mass is 32.1. The van der Waals surface area contributed by atoms with Gasteiger partial charge in [-0.1, -0.05) is 18.6 Å². The third-order valence-corrected chi connectivity index (χ3v) is 6.57. The van der Waals surface area contributed by atoms with Gasteiger partial charge in [0.2, 0.25) is 0 Å². The predicted molar refractivity (Wildman–Crippen MR) is 109 cm³/mol. The first kappa shape index (κ1) is 18.3. The molecule has 0 unspecified atom stereocenters. The highest BCUT2D eigenvalue weighted by Gasteiger charge is 2.38. The first-order valence-corrected chi connectivity index (χ1v) is 10.6. The van der Waals surface area contributed by atoms with E-state index < -0.39 is 0 Å². The molecule has 2 aliphatic heterocycles. The topological polar surface area (TPSA) is 53.6 Å². The lowest BCUT2D eigenvalue weighted by atomic mass is 9.81. The second-order valence-corrected chi connectivity index (χ2v) is 8.52. The summed E-state index contributed by atoms with van der Waals surface area (Å²) >= 11 is 1.84. The molecule has 2 atom stereocenters. The number of methoxy groups -OCH3 is 1. The fraction of sp³-hybridized carbons (Fsp3) is 0.476. The van der Waals surface area contributed by atoms with Gasteiger partial charge in [0.15, 0.2) is 0 Å². The van der Waals surface area contributed by atoms with Gasteiger partial charge in [-0.05, 0) is 49.3 Å². The maximum Gasteiger partial charge on any atom is 0.319 e. The van der Waals surface area contributed by atoms with Crippen molar-refractivity contribution in [2.45, 2.75) is 56.8 Å². The van der Waals surface area contributed by atoms with Crippen LogP contribution in [0.15, 0.2) is 41.8 Å². The van der Waals surface area contributed by atoms with Crippen molar-refractivity contribution in [2.75, 3.05) is 12.4 Å². The number of amides is 2. The molecule has 5 nitrogen and oxygen atoms in total. The number of fused-ring (bicyclic) bond motifs is 2. The number of carbonyl (C=O) groups is 1. The molecular formula is C21H27N3O2S. The molecule has 6 heteroatoms. The SMILES string of the molecule is COc1cccc(NC(=O)NC2C[C@@H]3CCC[C@@H](C2)N3Cc2cccs2)c1. The molecule has 2 amide bonds. The van der Waals surface area contributed by atoms with E-state index in [0.29, 0.717) is 12.1 Å². The quantitative estimate of drug-likeness (QED) is 0.799. The van der Waals surface area contributed by atoms with Crippen LogP contribution in [0.4, 0.5) is 10.5 Å². The lowest BCUT2D eigenvalue weighted by Gasteiger charge is -2.48. The molecule has 2 bridgehead atoms. The molecule has 3 heterocycles. The fourth-order valence-corrected chi connectivity index (χ4v) is 5.20. The van der Waals surface area contributed by atoms with E-state index in [0.717, 1.165) is 30.8 Å². The summed E-state index contributed by atoms with van der Waals surface area (Å²) in [5, 5.41) is 8.29. The van der Waals surface area contributed by atoms with Crippen LogP contribution >= 0.6 is 11.3 Å². The van der Waals surface area contributed by atoms with Crippen LogP contribution in [-0.2, 0) is 6.54 Å². The van der Waals surface area contributed by atoms with Gasteiger partial charge in [0, 0.05) is 41.3 Å². The molecule has 1 aromatic carbocycles. The van der Waals surface area contributed by atoms with Crippen molar-refractivity contribution in [3.05, 3.63) is 46.7 Å². The minimum atomic E-state index is -0.127. The van der Waals surface area contributed by atoms with Crippen LogP contribution in [0.3, 0.4) is 0 Å². The molecule has 2 aliphatic rings. The Morgan fingerprint density at radius 2 is 2.04 bits per heavy atom. The Bertz CT molecular complexity index is 751. The number of carbonyl (C=O) groups excluding carboxylic acids is 1. The van der Waals surface area contributed by atoms with Crippen molar-refractivity contribution < 1.29 is 9.53 Å². The Hall–Kier alpha value is -2.05. The van der Waals surface area contributed by atoms with Gasteiger partial charge in [0.05, 0.1) is 7.11 Å². The van der Waals surface area contributed by atoms with Crippen molar-refractivity contribution >= 4 is 23.1 Å². The van der Waals surface area contributed by atoms with Crippen molar-refractivity contribution in [3.8, 4) is 5.75 Å². The number of piperidine rings is 2. The molecule has 4 rings (SSSR count). The summed E-state index contributed by atoms with van der Waals surface area (Å²) in [5.41, 5.74) is 0.752. The Labute approximate surface area is 164 Å². The van der Waals surface area contributed by atoms with Crippen LogP contribution in [0.5, 0.6) is 5.75 Å². The second-order valence-electron chi connectivity index (χ2n) is 7.49. The van der Waals surface area contributed by atoms with Gasteiger partial charge >= 0.3 is 6.03 Å². The van der Waals surface area contributed by atoms with E-state index in [1.165, 1.54) is 24.1 Å². The Morgan fingerprint density at radius 3 is 2.74 bits per heavy atom. The number of rotatable bonds is 5. The number of hydrogen-bond acceptors (Lipinski definition) is 4. The number of hydrogen-bond donors (Lipinski definition) is 2. The van der Waals surface area contributed by atoms with Gasteiger partial charge in [-0.2, -0.15) is 0 Å². The van der Waals surface area contributed by atoms with Crippen molar-refractivity contribution in [2.24, 2.45) is 0 Å². The van der Waals surface area contributed by atoms with Gasteiger partial charge in [0.1, 0.15) is 5.75 Å². The van der Waals surface area contributed by atoms with E-state index in [1.54, 1.807) is 7.11 Å². The summed E-state index contributed by atoms with van der Waals surface area (Å²) in [4.78, 5) is 16.6. The summed E-state index contributed by atoms with van der Waals surface area (Å²) in [5.74, 6) is 0.740. The number of urea groups is 1. The molecule has 0 spiro atoms. The zero-order valence-corrected chi connectivity index (χ0v) is 16.5. The van der Waals surface area contributed by atoms with Crippen LogP contribution in [0.1, 0.15) is 37.0 Å². The zero-order valence-electron chi connectivity index (χ0n) is 15.7. The Morgan fingerprint density at radius 1 is 1.22 bits per heavy atom. The molecule has 0 saturated carbocycles. The van der Waals surface area contributed by atoms with Gasteiger partial charge in [-0.15, -0.1) is 11.3 Å². The van der Waals surface area contributed by atoms with Gasteiger partial charge in [-0.25, -0.2) is 4.79 Å². The van der Waals surface area contributed by atoms with Crippen LogP contribution in [0.2, 0.25) is 0 Å². The minimum Gasteiger partial charge on any atom is -0.497 e. The van der Waals surface area contributed by atoms with Crippen LogP contribution < -0.4 is 15.4 Å². The summed E-state index contributed by atoms with van der Waals surface area (Å²) in [7, 11) is 1.63. The molecule has 2 fully saturated rings. The van der Waals surface area contributed by atoms with Crippen LogP contribution in [0.25, 0.3) is 0 Å². The number of benzene rings is 1. The van der Waals surface area contributed by atoms with Crippen molar-refractivity contribution in [1.82, 2.24) is 10.2 Å². The molecule has 2 aromatic rings. The average Bonchev–Trinajstić information content (AvgIpc) is 3.15. The predicted octanol–water partition coefficient (Wildman–Crippen LogP) is 4.46. The van der Waals surface area contributed by atoms with E-state index in [4.69, 9.17) is 4.74 Å². The van der Waals surface area contributed by atoms with Gasteiger partial charge in [-0.3, -0.25) is 4.90 Å². The number of nitrogens with zero attached hydrogens (tertiary/aromatic N) is 1. The van der Waals surface area contributed by atoms with Gasteiger partial charge < -0.3 is 15.4 Å². The summed E-state index contributed by atoms with van der Waals surface area (Å²) in [6.45, 7) is 1.05. The third-order valence-electron chi connectivity index (χ3n) is 5.71. The molecule has 2 saturated heterocycles. The normalized spacial score (nSPS) is 25.0. The molecule has 1 aromatic heterocycles. The number of ether oxygens (including phenoxy) is 1. The molecular weight excluding hydrogens is 358 g/mol. The Kier molecular flexibility index (Phi) is 5.64. The maximum absolute atomic E-state index is 12.5. The maximum atomic E-state index is 12.5. The van der Waals surface area contributed by atoms with Crippen molar-refractivity contribution in [3.63, 3.8) is 0 Å². The molecule has 144 valence electrons. The number of thiophene rings is 1. The third kappa shape index (κ3) is 4.45. The monoisotopic (exact) mass is 385 g/mol. The first-order valence-electron chi connectivity index (χ1n) is 9.71.